The van der Waals surface area contributed by atoms with Crippen LogP contribution in [0.1, 0.15) is 11.4 Å². The highest BCUT2D eigenvalue weighted by molar-refractivity contribution is 8.14. The maximum absolute atomic E-state index is 4.28. The Hall–Kier alpha value is -0.810. The van der Waals surface area contributed by atoms with E-state index in [2.05, 4.69) is 20.3 Å². The van der Waals surface area contributed by atoms with Gasteiger partial charge < -0.3 is 5.32 Å². The van der Waals surface area contributed by atoms with E-state index < -0.39 is 0 Å². The molecular weight excluding hydrogens is 232 g/mol. The molecule has 82 valence electrons. The molecule has 1 aromatic heterocycles. The second-order valence-corrected chi connectivity index (χ2v) is 4.22. The van der Waals surface area contributed by atoms with Crippen LogP contribution in [0.5, 0.6) is 0 Å². The summed E-state index contributed by atoms with van der Waals surface area (Å²) in [6.07, 6.45) is 0. The molecule has 0 radical (unpaired) electrons. The first kappa shape index (κ1) is 12.3. The largest absolute Gasteiger partial charge is 0.304 e. The van der Waals surface area contributed by atoms with E-state index in [4.69, 9.17) is 0 Å². The molecule has 6 heteroatoms. The molecule has 0 fully saturated rings. The lowest BCUT2D eigenvalue weighted by Crippen LogP contribution is -2.09. The fourth-order valence-corrected chi connectivity index (χ4v) is 2.01. The molecule has 1 aliphatic rings. The number of hydrogen-bond acceptors (Lipinski definition) is 5. The second kappa shape index (κ2) is 5.32. The highest BCUT2D eigenvalue weighted by Gasteiger charge is 2.08. The molecule has 0 bridgehead atoms. The zero-order valence-electron chi connectivity index (χ0n) is 8.65. The second-order valence-electron chi connectivity index (χ2n) is 3.13. The number of aryl methyl sites for hydroxylation is 2. The van der Waals surface area contributed by atoms with Crippen LogP contribution >= 0.6 is 24.2 Å². The summed E-state index contributed by atoms with van der Waals surface area (Å²) in [5.41, 5.74) is 1.95. The molecule has 0 saturated heterocycles. The Balaban J connectivity index is 0.00000112. The summed E-state index contributed by atoms with van der Waals surface area (Å²) in [6.45, 7) is 4.81. The maximum atomic E-state index is 4.28. The van der Waals surface area contributed by atoms with Gasteiger partial charge in [0, 0.05) is 17.1 Å². The Kier molecular flexibility index (Phi) is 4.35. The van der Waals surface area contributed by atoms with E-state index in [9.17, 15) is 0 Å². The zero-order valence-corrected chi connectivity index (χ0v) is 10.3. The summed E-state index contributed by atoms with van der Waals surface area (Å²) < 4.78 is 0. The van der Waals surface area contributed by atoms with Crippen LogP contribution < -0.4 is 5.32 Å². The topological polar surface area (TPSA) is 50.2 Å². The third-order valence-electron chi connectivity index (χ3n) is 1.79. The number of anilines is 1. The summed E-state index contributed by atoms with van der Waals surface area (Å²) in [6, 6.07) is 1.95. The summed E-state index contributed by atoms with van der Waals surface area (Å²) in [4.78, 5) is 12.8. The number of rotatable bonds is 1. The van der Waals surface area contributed by atoms with Crippen molar-refractivity contribution in [2.75, 3.05) is 17.6 Å². The zero-order chi connectivity index (χ0) is 9.97. The summed E-state index contributed by atoms with van der Waals surface area (Å²) in [5.74, 6) is 1.70. The highest BCUT2D eigenvalue weighted by Crippen LogP contribution is 2.13. The maximum Gasteiger partial charge on any atom is 0.229 e. The minimum absolute atomic E-state index is 0. The van der Waals surface area contributed by atoms with E-state index >= 15 is 0 Å². The highest BCUT2D eigenvalue weighted by atomic mass is 35.5. The fourth-order valence-electron chi connectivity index (χ4n) is 1.29. The predicted octanol–water partition coefficient (Wildman–Crippen LogP) is 2.03. The lowest BCUT2D eigenvalue weighted by Gasteiger charge is -2.04. The first-order valence-electron chi connectivity index (χ1n) is 4.50. The molecule has 15 heavy (non-hydrogen) atoms. The van der Waals surface area contributed by atoms with E-state index in [0.717, 1.165) is 28.9 Å². The third-order valence-corrected chi connectivity index (χ3v) is 2.68. The van der Waals surface area contributed by atoms with Gasteiger partial charge in [0.15, 0.2) is 5.17 Å². The van der Waals surface area contributed by atoms with Crippen LogP contribution in [0, 0.1) is 13.8 Å². The molecule has 0 atom stereocenters. The Morgan fingerprint density at radius 2 is 1.93 bits per heavy atom. The molecule has 0 amide bonds. The number of hydrogen-bond donors (Lipinski definition) is 1. The van der Waals surface area contributed by atoms with Gasteiger partial charge in [0.25, 0.3) is 0 Å². The van der Waals surface area contributed by atoms with Crippen LogP contribution in [-0.4, -0.2) is 27.4 Å². The van der Waals surface area contributed by atoms with Crippen molar-refractivity contribution in [3.05, 3.63) is 17.5 Å². The van der Waals surface area contributed by atoms with Crippen molar-refractivity contribution in [2.24, 2.45) is 4.99 Å². The number of aromatic nitrogens is 2. The van der Waals surface area contributed by atoms with Crippen molar-refractivity contribution in [1.82, 2.24) is 9.97 Å². The van der Waals surface area contributed by atoms with Crippen LogP contribution in [0.2, 0.25) is 0 Å². The minimum atomic E-state index is 0. The minimum Gasteiger partial charge on any atom is -0.304 e. The van der Waals surface area contributed by atoms with Crippen LogP contribution in [0.15, 0.2) is 11.1 Å². The summed E-state index contributed by atoms with van der Waals surface area (Å²) in [7, 11) is 0. The molecule has 2 rings (SSSR count). The average Bonchev–Trinajstić information content (AvgIpc) is 2.54. The first-order valence-corrected chi connectivity index (χ1v) is 5.49. The normalized spacial score (nSPS) is 14.4. The average molecular weight is 245 g/mol. The third kappa shape index (κ3) is 3.35. The van der Waals surface area contributed by atoms with Gasteiger partial charge in [-0.2, -0.15) is 0 Å². The Bertz CT molecular complexity index is 360. The molecule has 1 N–H and O–H groups in total. The van der Waals surface area contributed by atoms with Crippen molar-refractivity contribution < 1.29 is 0 Å². The van der Waals surface area contributed by atoms with Crippen LogP contribution in [-0.2, 0) is 0 Å². The number of halogens is 1. The number of thioether (sulfide) groups is 1. The monoisotopic (exact) mass is 244 g/mol. The van der Waals surface area contributed by atoms with E-state index in [1.807, 2.05) is 19.9 Å². The number of aliphatic imine (C=N–C) groups is 1. The van der Waals surface area contributed by atoms with Crippen molar-refractivity contribution in [2.45, 2.75) is 13.8 Å². The Labute approximate surface area is 99.4 Å². The molecule has 0 aliphatic carbocycles. The van der Waals surface area contributed by atoms with Crippen molar-refractivity contribution >= 4 is 35.3 Å². The van der Waals surface area contributed by atoms with Crippen LogP contribution in [0.4, 0.5) is 5.95 Å². The smallest absolute Gasteiger partial charge is 0.229 e. The summed E-state index contributed by atoms with van der Waals surface area (Å²) >= 11 is 1.71. The molecule has 0 unspecified atom stereocenters. The van der Waals surface area contributed by atoms with Crippen molar-refractivity contribution in [3.8, 4) is 0 Å². The summed E-state index contributed by atoms with van der Waals surface area (Å²) in [5, 5.41) is 4.04. The van der Waals surface area contributed by atoms with E-state index in [0.29, 0.717) is 5.95 Å². The van der Waals surface area contributed by atoms with Crippen LogP contribution in [0.25, 0.3) is 0 Å². The van der Waals surface area contributed by atoms with E-state index in [-0.39, 0.29) is 12.4 Å². The van der Waals surface area contributed by atoms with E-state index in [1.165, 1.54) is 0 Å². The molecule has 1 aromatic rings. The van der Waals surface area contributed by atoms with Gasteiger partial charge in [-0.3, -0.25) is 4.99 Å². The number of nitrogens with one attached hydrogen (secondary N) is 1. The first-order chi connectivity index (χ1) is 6.74. The number of amidine groups is 1. The molecular formula is C9H13ClN4S. The van der Waals surface area contributed by atoms with Gasteiger partial charge in [-0.1, -0.05) is 11.8 Å². The lowest BCUT2D eigenvalue weighted by atomic mass is 10.4. The van der Waals surface area contributed by atoms with Gasteiger partial charge in [0.05, 0.1) is 6.54 Å². The van der Waals surface area contributed by atoms with Crippen LogP contribution in [0.3, 0.4) is 0 Å². The van der Waals surface area contributed by atoms with Gasteiger partial charge in [-0.15, -0.1) is 12.4 Å². The molecule has 0 saturated carbocycles. The van der Waals surface area contributed by atoms with E-state index in [1.54, 1.807) is 11.8 Å². The fraction of sp³-hybridized carbons (Fsp3) is 0.444. The van der Waals surface area contributed by atoms with Gasteiger partial charge in [-0.05, 0) is 19.9 Å². The van der Waals surface area contributed by atoms with Gasteiger partial charge in [-0.25, -0.2) is 9.97 Å². The molecule has 4 nitrogen and oxygen atoms in total. The Morgan fingerprint density at radius 1 is 1.27 bits per heavy atom. The molecule has 0 aromatic carbocycles. The quantitative estimate of drug-likeness (QED) is 0.821. The predicted molar refractivity (Wildman–Crippen MR) is 67.1 cm³/mol. The van der Waals surface area contributed by atoms with Gasteiger partial charge in [0.2, 0.25) is 5.95 Å². The SMILES string of the molecule is Cc1cc(C)nc(NC2=NCCS2)n1.Cl. The standard InChI is InChI=1S/C9H12N4S.ClH/c1-6-5-7(2)12-8(11-6)13-9-10-3-4-14-9;/h5H,3-4H2,1-2H3,(H,10,11,12,13);1H. The van der Waals surface area contributed by atoms with Gasteiger partial charge >= 0.3 is 0 Å². The number of nitrogens with zero attached hydrogens (tertiary/aromatic N) is 3. The molecule has 0 spiro atoms. The lowest BCUT2D eigenvalue weighted by molar-refractivity contribution is 1.06. The molecule has 1 aliphatic heterocycles. The van der Waals surface area contributed by atoms with Crippen molar-refractivity contribution in [3.63, 3.8) is 0 Å². The Morgan fingerprint density at radius 3 is 2.47 bits per heavy atom. The van der Waals surface area contributed by atoms with Gasteiger partial charge in [0.1, 0.15) is 0 Å². The van der Waals surface area contributed by atoms with Crippen molar-refractivity contribution in [1.29, 1.82) is 0 Å². The molecule has 2 heterocycles.